The summed E-state index contributed by atoms with van der Waals surface area (Å²) in [5.74, 6) is -1.75. The van der Waals surface area contributed by atoms with Gasteiger partial charge in [-0.3, -0.25) is 9.36 Å². The molecule has 1 aromatic carbocycles. The van der Waals surface area contributed by atoms with Crippen molar-refractivity contribution in [3.63, 3.8) is 0 Å². The molecule has 0 bridgehead atoms. The van der Waals surface area contributed by atoms with Gasteiger partial charge >= 0.3 is 0 Å². The molecule has 9 nitrogen and oxygen atoms in total. The molecule has 2 fully saturated rings. The minimum atomic E-state index is -0.925. The molecule has 0 unspecified atom stereocenters. The third-order valence-electron chi connectivity index (χ3n) is 6.97. The molecule has 5 N–H and O–H groups in total. The van der Waals surface area contributed by atoms with Crippen molar-refractivity contribution in [2.24, 2.45) is 11.7 Å². The van der Waals surface area contributed by atoms with Crippen LogP contribution in [0.1, 0.15) is 51.0 Å². The zero-order chi connectivity index (χ0) is 24.7. The number of aromatic nitrogens is 4. The number of hydrogen-bond donors (Lipinski definition) is 4. The molecule has 2 atom stereocenters. The second-order valence-corrected chi connectivity index (χ2v) is 9.62. The largest absolute Gasteiger partial charge is 0.391 e. The predicted molar refractivity (Wildman–Crippen MR) is 127 cm³/mol. The van der Waals surface area contributed by atoms with E-state index < -0.39 is 23.4 Å². The maximum Gasteiger partial charge on any atom is 0.225 e. The lowest BCUT2D eigenvalue weighted by Crippen LogP contribution is -2.29. The summed E-state index contributed by atoms with van der Waals surface area (Å²) in [5, 5.41) is 15.9. The van der Waals surface area contributed by atoms with E-state index in [-0.39, 0.29) is 34.9 Å². The fourth-order valence-electron chi connectivity index (χ4n) is 5.04. The Bertz CT molecular complexity index is 1260. The molecule has 3 aromatic rings. The molecule has 0 aliphatic heterocycles. The number of nitrogens with two attached hydrogens (primary N) is 1. The molecule has 2 aromatic heterocycles. The first-order valence-corrected chi connectivity index (χ1v) is 12.1. The molecule has 12 heteroatoms. The van der Waals surface area contributed by atoms with E-state index in [4.69, 9.17) is 17.3 Å². The number of benzene rings is 1. The molecule has 2 heterocycles. The third kappa shape index (κ3) is 4.62. The molecule has 0 radical (unpaired) electrons. The molecule has 2 aliphatic rings. The van der Waals surface area contributed by atoms with Gasteiger partial charge in [-0.1, -0.05) is 11.6 Å². The van der Waals surface area contributed by atoms with Gasteiger partial charge in [-0.25, -0.2) is 18.7 Å². The number of amides is 1. The Balaban J connectivity index is 1.54. The maximum absolute atomic E-state index is 14.7. The highest BCUT2D eigenvalue weighted by Crippen LogP contribution is 2.38. The van der Waals surface area contributed by atoms with E-state index in [2.05, 4.69) is 25.6 Å². The third-order valence-corrected chi connectivity index (χ3v) is 7.26. The minimum Gasteiger partial charge on any atom is -0.391 e. The van der Waals surface area contributed by atoms with E-state index >= 15 is 0 Å². The van der Waals surface area contributed by atoms with Crippen molar-refractivity contribution in [3.05, 3.63) is 35.0 Å². The van der Waals surface area contributed by atoms with Crippen LogP contribution in [0.4, 0.5) is 26.4 Å². The Morgan fingerprint density at radius 1 is 1.14 bits per heavy atom. The van der Waals surface area contributed by atoms with E-state index in [0.29, 0.717) is 49.2 Å². The zero-order valence-electron chi connectivity index (χ0n) is 18.8. The molecule has 186 valence electrons. The lowest BCUT2D eigenvalue weighted by atomic mass is 9.85. The van der Waals surface area contributed by atoms with Crippen molar-refractivity contribution in [3.8, 4) is 0 Å². The SMILES string of the molecule is NC(=O)[C@H]1CC[C@H](n2c(Nc3c(F)ccc(Cl)c3F)nc3cnc(N[C@H]4CCC[C@@H]4O)nc32)CC1. The van der Waals surface area contributed by atoms with Crippen LogP contribution in [0.25, 0.3) is 11.2 Å². The zero-order valence-corrected chi connectivity index (χ0v) is 19.6. The van der Waals surface area contributed by atoms with Crippen molar-refractivity contribution in [2.75, 3.05) is 10.6 Å². The van der Waals surface area contributed by atoms with Crippen LogP contribution in [0.3, 0.4) is 0 Å². The van der Waals surface area contributed by atoms with Crippen molar-refractivity contribution in [1.82, 2.24) is 19.5 Å². The van der Waals surface area contributed by atoms with Crippen LogP contribution in [0.5, 0.6) is 0 Å². The first-order valence-electron chi connectivity index (χ1n) is 11.7. The fourth-order valence-corrected chi connectivity index (χ4v) is 5.20. The van der Waals surface area contributed by atoms with Gasteiger partial charge in [-0.15, -0.1) is 0 Å². The van der Waals surface area contributed by atoms with Gasteiger partial charge in [0.15, 0.2) is 11.5 Å². The summed E-state index contributed by atoms with van der Waals surface area (Å²) in [7, 11) is 0. The molecule has 0 saturated heterocycles. The fraction of sp³-hybridized carbons (Fsp3) is 0.478. The molecule has 2 saturated carbocycles. The van der Waals surface area contributed by atoms with Gasteiger partial charge < -0.3 is 21.5 Å². The van der Waals surface area contributed by atoms with E-state index in [9.17, 15) is 18.7 Å². The van der Waals surface area contributed by atoms with Crippen molar-refractivity contribution in [2.45, 2.75) is 63.1 Å². The number of aliphatic hydroxyl groups is 1. The van der Waals surface area contributed by atoms with Crippen molar-refractivity contribution >= 4 is 46.3 Å². The maximum atomic E-state index is 14.7. The number of halogens is 3. The Kier molecular flexibility index (Phi) is 6.45. The van der Waals surface area contributed by atoms with Crippen LogP contribution >= 0.6 is 11.6 Å². The first kappa shape index (κ1) is 23.7. The molecular formula is C23H26ClF2N7O2. The quantitative estimate of drug-likeness (QED) is 0.372. The highest BCUT2D eigenvalue weighted by atomic mass is 35.5. The number of primary amides is 1. The number of carbonyl (C=O) groups is 1. The van der Waals surface area contributed by atoms with Gasteiger partial charge in [-0.2, -0.15) is 4.98 Å². The van der Waals surface area contributed by atoms with E-state index in [1.807, 2.05) is 0 Å². The Labute approximate surface area is 205 Å². The molecule has 2 aliphatic carbocycles. The van der Waals surface area contributed by atoms with Crippen LogP contribution in [0.2, 0.25) is 5.02 Å². The summed E-state index contributed by atoms with van der Waals surface area (Å²) in [6.45, 7) is 0. The number of hydrogen-bond acceptors (Lipinski definition) is 7. The van der Waals surface area contributed by atoms with Crippen LogP contribution in [-0.4, -0.2) is 42.7 Å². The number of fused-ring (bicyclic) bond motifs is 1. The second kappa shape index (κ2) is 9.54. The van der Waals surface area contributed by atoms with Crippen LogP contribution in [-0.2, 0) is 4.79 Å². The van der Waals surface area contributed by atoms with Gasteiger partial charge in [-0.05, 0) is 57.1 Å². The van der Waals surface area contributed by atoms with E-state index in [0.717, 1.165) is 25.0 Å². The van der Waals surface area contributed by atoms with Gasteiger partial charge in [0.2, 0.25) is 17.8 Å². The van der Waals surface area contributed by atoms with Gasteiger partial charge in [0.05, 0.1) is 23.4 Å². The average molecular weight is 506 g/mol. The minimum absolute atomic E-state index is 0.136. The highest BCUT2D eigenvalue weighted by Gasteiger charge is 2.30. The Morgan fingerprint density at radius 2 is 1.91 bits per heavy atom. The summed E-state index contributed by atoms with van der Waals surface area (Å²) in [6, 6.07) is 1.94. The van der Waals surface area contributed by atoms with Crippen LogP contribution < -0.4 is 16.4 Å². The summed E-state index contributed by atoms with van der Waals surface area (Å²) < 4.78 is 31.0. The second-order valence-electron chi connectivity index (χ2n) is 9.21. The van der Waals surface area contributed by atoms with Gasteiger partial charge in [0.25, 0.3) is 0 Å². The number of rotatable bonds is 6. The predicted octanol–water partition coefficient (Wildman–Crippen LogP) is 4.04. The van der Waals surface area contributed by atoms with Crippen molar-refractivity contribution in [1.29, 1.82) is 0 Å². The van der Waals surface area contributed by atoms with Gasteiger partial charge in [0.1, 0.15) is 17.0 Å². The van der Waals surface area contributed by atoms with E-state index in [1.54, 1.807) is 4.57 Å². The highest BCUT2D eigenvalue weighted by molar-refractivity contribution is 6.31. The van der Waals surface area contributed by atoms with Crippen LogP contribution in [0, 0.1) is 17.6 Å². The van der Waals surface area contributed by atoms with Gasteiger partial charge in [0, 0.05) is 12.0 Å². The number of aliphatic hydroxyl groups excluding tert-OH is 1. The summed E-state index contributed by atoms with van der Waals surface area (Å²) >= 11 is 5.87. The average Bonchev–Trinajstić information content (AvgIpc) is 3.41. The number of nitrogens with zero attached hydrogens (tertiary/aromatic N) is 4. The first-order chi connectivity index (χ1) is 16.8. The molecule has 5 rings (SSSR count). The monoisotopic (exact) mass is 505 g/mol. The summed E-state index contributed by atoms with van der Waals surface area (Å²) in [5.41, 5.74) is 5.99. The summed E-state index contributed by atoms with van der Waals surface area (Å²) in [4.78, 5) is 25.2. The molecule has 35 heavy (non-hydrogen) atoms. The number of anilines is 3. The Hall–Kier alpha value is -3.05. The normalized spacial score (nSPS) is 24.6. The smallest absolute Gasteiger partial charge is 0.225 e. The molecule has 0 spiro atoms. The lowest BCUT2D eigenvalue weighted by Gasteiger charge is -2.29. The number of imidazole rings is 1. The Morgan fingerprint density at radius 3 is 2.60 bits per heavy atom. The molecule has 1 amide bonds. The number of nitrogens with one attached hydrogen (secondary N) is 2. The topological polar surface area (TPSA) is 131 Å². The summed E-state index contributed by atoms with van der Waals surface area (Å²) in [6.07, 6.45) is 5.89. The van der Waals surface area contributed by atoms with E-state index in [1.165, 1.54) is 6.20 Å². The molecular weight excluding hydrogens is 480 g/mol. The van der Waals surface area contributed by atoms with Crippen molar-refractivity contribution < 1.29 is 18.7 Å². The standard InChI is InChI=1S/C23H26ClF2N7O2/c24-13-8-9-14(25)19(18(13)26)31-23-30-16-10-28-22(29-15-2-1-3-17(15)34)32-21(16)33(23)12-6-4-11(5-7-12)20(27)35/h8-12,15,17,34H,1-7H2,(H2,27,35)(H,30,31)(H,28,29,32)/t11-,12-,15-,17-/m0/s1. The van der Waals surface area contributed by atoms with Crippen LogP contribution in [0.15, 0.2) is 18.3 Å². The lowest BCUT2D eigenvalue weighted by molar-refractivity contribution is -0.122. The number of carbonyl (C=O) groups excluding carboxylic acids is 1.